The Hall–Kier alpha value is -2.01. The van der Waals surface area contributed by atoms with Crippen LogP contribution in [0.15, 0.2) is 42.2 Å². The number of ether oxygens (including phenoxy) is 1. The first-order chi connectivity index (χ1) is 8.29. The first-order valence-electron chi connectivity index (χ1n) is 5.70. The lowest BCUT2D eigenvalue weighted by atomic mass is 9.92. The highest BCUT2D eigenvalue weighted by Gasteiger charge is 2.26. The monoisotopic (exact) mass is 226 g/mol. The van der Waals surface area contributed by atoms with Crippen LogP contribution in [0.4, 0.5) is 0 Å². The van der Waals surface area contributed by atoms with Crippen LogP contribution in [-0.4, -0.2) is 5.97 Å². The normalized spacial score (nSPS) is 21.9. The second-order valence-corrected chi connectivity index (χ2v) is 4.12. The molecule has 1 aromatic carbocycles. The molecule has 1 aliphatic heterocycles. The van der Waals surface area contributed by atoms with Crippen molar-refractivity contribution in [2.75, 3.05) is 0 Å². The minimum absolute atomic E-state index is 0.0488. The lowest BCUT2D eigenvalue weighted by molar-refractivity contribution is -0.147. The molecule has 2 nitrogen and oxygen atoms in total. The molecule has 1 aliphatic rings. The summed E-state index contributed by atoms with van der Waals surface area (Å²) in [5, 5.41) is 0. The van der Waals surface area contributed by atoms with Gasteiger partial charge in [0.1, 0.15) is 5.76 Å². The fourth-order valence-corrected chi connectivity index (χ4v) is 1.98. The third kappa shape index (κ3) is 2.98. The lowest BCUT2D eigenvalue weighted by Crippen LogP contribution is -2.24. The van der Waals surface area contributed by atoms with E-state index < -0.39 is 0 Å². The van der Waals surface area contributed by atoms with Gasteiger partial charge in [0.15, 0.2) is 0 Å². The number of terminal acetylenes is 1. The van der Waals surface area contributed by atoms with Gasteiger partial charge in [0, 0.05) is 12.5 Å². The van der Waals surface area contributed by atoms with Crippen molar-refractivity contribution in [3.05, 3.63) is 47.7 Å². The van der Waals surface area contributed by atoms with Crippen molar-refractivity contribution < 1.29 is 9.53 Å². The van der Waals surface area contributed by atoms with Gasteiger partial charge in [0.2, 0.25) is 0 Å². The zero-order valence-corrected chi connectivity index (χ0v) is 9.56. The summed E-state index contributed by atoms with van der Waals surface area (Å²) < 4.78 is 5.19. The Bertz CT molecular complexity index is 465. The maximum absolute atomic E-state index is 11.8. The highest BCUT2D eigenvalue weighted by Crippen LogP contribution is 2.25. The minimum atomic E-state index is -0.165. The summed E-state index contributed by atoms with van der Waals surface area (Å²) in [5.74, 6) is 2.78. The van der Waals surface area contributed by atoms with Crippen molar-refractivity contribution in [3.8, 4) is 12.3 Å². The van der Waals surface area contributed by atoms with Crippen LogP contribution in [0, 0.1) is 18.3 Å². The lowest BCUT2D eigenvalue weighted by Gasteiger charge is -2.22. The van der Waals surface area contributed by atoms with E-state index in [0.717, 1.165) is 19.3 Å². The van der Waals surface area contributed by atoms with Crippen molar-refractivity contribution in [1.29, 1.82) is 0 Å². The van der Waals surface area contributed by atoms with Crippen LogP contribution in [-0.2, 0) is 16.0 Å². The van der Waals surface area contributed by atoms with Crippen molar-refractivity contribution >= 4 is 5.97 Å². The van der Waals surface area contributed by atoms with E-state index in [9.17, 15) is 4.79 Å². The molecule has 86 valence electrons. The van der Waals surface area contributed by atoms with E-state index in [2.05, 4.69) is 5.92 Å². The Morgan fingerprint density at radius 2 is 2.18 bits per heavy atom. The molecular weight excluding hydrogens is 212 g/mol. The quantitative estimate of drug-likeness (QED) is 0.572. The van der Waals surface area contributed by atoms with Gasteiger partial charge in [0.25, 0.3) is 0 Å². The number of esters is 1. The Morgan fingerprint density at radius 1 is 1.41 bits per heavy atom. The molecular formula is C15H14O2. The number of allylic oxidation sites excluding steroid dienone is 2. The zero-order valence-electron chi connectivity index (χ0n) is 9.56. The Balaban J connectivity index is 1.99. The highest BCUT2D eigenvalue weighted by atomic mass is 16.5. The zero-order chi connectivity index (χ0) is 12.1. The minimum Gasteiger partial charge on any atom is -0.430 e. The van der Waals surface area contributed by atoms with Crippen LogP contribution in [0.2, 0.25) is 0 Å². The molecule has 2 rings (SSSR count). The molecule has 0 aromatic heterocycles. The van der Waals surface area contributed by atoms with Gasteiger partial charge < -0.3 is 4.74 Å². The largest absolute Gasteiger partial charge is 0.430 e. The molecule has 0 bridgehead atoms. The van der Waals surface area contributed by atoms with Crippen molar-refractivity contribution in [2.45, 2.75) is 19.3 Å². The van der Waals surface area contributed by atoms with E-state index in [-0.39, 0.29) is 11.9 Å². The predicted octanol–water partition coefficient (Wildman–Crippen LogP) is 2.70. The van der Waals surface area contributed by atoms with Gasteiger partial charge in [-0.15, -0.1) is 6.42 Å². The summed E-state index contributed by atoms with van der Waals surface area (Å²) >= 11 is 0. The average Bonchev–Trinajstić information content (AvgIpc) is 2.34. The number of cyclic esters (lactones) is 1. The molecule has 1 heterocycles. The van der Waals surface area contributed by atoms with Crippen LogP contribution in [0.5, 0.6) is 0 Å². The first kappa shape index (κ1) is 11.5. The molecule has 17 heavy (non-hydrogen) atoms. The molecule has 0 N–H and O–H groups in total. The molecule has 1 unspecified atom stereocenters. The summed E-state index contributed by atoms with van der Waals surface area (Å²) in [6.45, 7) is 0. The Labute approximate surface area is 101 Å². The van der Waals surface area contributed by atoms with Gasteiger partial charge in [-0.2, -0.15) is 0 Å². The molecule has 0 spiro atoms. The SMILES string of the molecule is C#CC=C1CCC(Cc2ccccc2)C(=O)O1. The van der Waals surface area contributed by atoms with Crippen LogP contribution >= 0.6 is 0 Å². The first-order valence-corrected chi connectivity index (χ1v) is 5.70. The smallest absolute Gasteiger partial charge is 0.314 e. The fourth-order valence-electron chi connectivity index (χ4n) is 1.98. The number of hydrogen-bond donors (Lipinski definition) is 0. The number of carbonyl (C=O) groups is 1. The molecule has 2 heteroatoms. The number of hydrogen-bond acceptors (Lipinski definition) is 2. The van der Waals surface area contributed by atoms with Gasteiger partial charge >= 0.3 is 5.97 Å². The molecule has 1 fully saturated rings. The van der Waals surface area contributed by atoms with Crippen LogP contribution in [0.3, 0.4) is 0 Å². The standard InChI is InChI=1S/C15H14O2/c1-2-6-14-10-9-13(15(16)17-14)11-12-7-4-3-5-8-12/h1,3-8,13H,9-11H2. The van der Waals surface area contributed by atoms with Gasteiger partial charge in [0.05, 0.1) is 5.92 Å². The van der Waals surface area contributed by atoms with Gasteiger partial charge in [-0.25, -0.2) is 0 Å². The third-order valence-electron chi connectivity index (χ3n) is 2.87. The van der Waals surface area contributed by atoms with E-state index in [4.69, 9.17) is 11.2 Å². The second-order valence-electron chi connectivity index (χ2n) is 4.12. The van der Waals surface area contributed by atoms with E-state index in [0.29, 0.717) is 5.76 Å². The molecule has 0 aliphatic carbocycles. The van der Waals surface area contributed by atoms with Gasteiger partial charge in [-0.3, -0.25) is 4.79 Å². The molecule has 1 saturated heterocycles. The average molecular weight is 226 g/mol. The van der Waals surface area contributed by atoms with E-state index in [1.807, 2.05) is 30.3 Å². The maximum Gasteiger partial charge on any atom is 0.314 e. The Kier molecular flexibility index (Phi) is 3.62. The topological polar surface area (TPSA) is 26.3 Å². The van der Waals surface area contributed by atoms with Crippen LogP contribution in [0.25, 0.3) is 0 Å². The summed E-state index contributed by atoms with van der Waals surface area (Å²) in [6, 6.07) is 9.98. The van der Waals surface area contributed by atoms with Crippen molar-refractivity contribution in [2.24, 2.45) is 5.92 Å². The molecule has 1 atom stereocenters. The van der Waals surface area contributed by atoms with Gasteiger partial charge in [-0.05, 0) is 18.4 Å². The fraction of sp³-hybridized carbons (Fsp3) is 0.267. The summed E-state index contributed by atoms with van der Waals surface area (Å²) in [6.07, 6.45) is 8.96. The number of rotatable bonds is 2. The van der Waals surface area contributed by atoms with Crippen molar-refractivity contribution in [1.82, 2.24) is 0 Å². The number of carbonyl (C=O) groups excluding carboxylic acids is 1. The molecule has 0 saturated carbocycles. The molecule has 1 aromatic rings. The predicted molar refractivity (Wildman–Crippen MR) is 65.9 cm³/mol. The van der Waals surface area contributed by atoms with E-state index in [1.165, 1.54) is 11.6 Å². The maximum atomic E-state index is 11.8. The number of benzene rings is 1. The molecule has 0 amide bonds. The summed E-state index contributed by atoms with van der Waals surface area (Å²) in [5.41, 5.74) is 1.17. The summed E-state index contributed by atoms with van der Waals surface area (Å²) in [7, 11) is 0. The van der Waals surface area contributed by atoms with Crippen molar-refractivity contribution in [3.63, 3.8) is 0 Å². The van der Waals surface area contributed by atoms with Gasteiger partial charge in [-0.1, -0.05) is 36.3 Å². The Morgan fingerprint density at radius 3 is 2.82 bits per heavy atom. The van der Waals surface area contributed by atoms with E-state index in [1.54, 1.807) is 0 Å². The molecule has 0 radical (unpaired) electrons. The third-order valence-corrected chi connectivity index (χ3v) is 2.87. The van der Waals surface area contributed by atoms with Crippen LogP contribution in [0.1, 0.15) is 18.4 Å². The van der Waals surface area contributed by atoms with Crippen LogP contribution < -0.4 is 0 Å². The summed E-state index contributed by atoms with van der Waals surface area (Å²) in [4.78, 5) is 11.8. The van der Waals surface area contributed by atoms with E-state index >= 15 is 0 Å². The highest BCUT2D eigenvalue weighted by molar-refractivity contribution is 5.75. The second kappa shape index (κ2) is 5.36.